The van der Waals surface area contributed by atoms with Gasteiger partial charge in [0.1, 0.15) is 5.69 Å². The number of H-pyrrole nitrogens is 1. The van der Waals surface area contributed by atoms with Crippen LogP contribution in [0.5, 0.6) is 0 Å². The van der Waals surface area contributed by atoms with E-state index in [4.69, 9.17) is 0 Å². The Kier molecular flexibility index (Phi) is 6.04. The molecule has 3 N–H and O–H groups in total. The van der Waals surface area contributed by atoms with Gasteiger partial charge in [-0.2, -0.15) is 5.10 Å². The Morgan fingerprint density at radius 3 is 2.73 bits per heavy atom. The number of hydrogen-bond acceptors (Lipinski definition) is 4. The van der Waals surface area contributed by atoms with Gasteiger partial charge in [-0.15, -0.1) is 0 Å². The van der Waals surface area contributed by atoms with Crippen LogP contribution in [0, 0.1) is 0 Å². The molecule has 2 aromatic heterocycles. The lowest BCUT2D eigenvalue weighted by Gasteiger charge is -2.38. The average molecular weight is 441 g/mol. The first-order valence-electron chi connectivity index (χ1n) is 11.4. The maximum Gasteiger partial charge on any atom is 0.319 e. The average Bonchev–Trinajstić information content (AvgIpc) is 3.27. The standard InChI is InChI=1S/C26H28N6O/c1-32-16-8-6-12-23(32)24(18-9-3-2-4-10-18)29-26(33)28-19-13-14-21-20(17-19)25(31-30-21)22-11-5-7-15-27-22/h2-5,7,9-11,13-15,17,23-24H,6,8,12,16H2,1H3,(H,30,31)(H2,28,29,33). The molecule has 0 radical (unpaired) electrons. The van der Waals surface area contributed by atoms with Gasteiger partial charge in [0.2, 0.25) is 0 Å². The minimum atomic E-state index is -0.218. The van der Waals surface area contributed by atoms with E-state index in [-0.39, 0.29) is 18.1 Å². The normalized spacial score (nSPS) is 17.5. The van der Waals surface area contributed by atoms with Gasteiger partial charge in [0.05, 0.1) is 17.3 Å². The van der Waals surface area contributed by atoms with Crippen LogP contribution < -0.4 is 10.6 Å². The van der Waals surface area contributed by atoms with Crippen molar-refractivity contribution in [1.29, 1.82) is 0 Å². The summed E-state index contributed by atoms with van der Waals surface area (Å²) in [6.45, 7) is 1.05. The number of carbonyl (C=O) groups is 1. The molecule has 2 atom stereocenters. The molecule has 7 heteroatoms. The highest BCUT2D eigenvalue weighted by Crippen LogP contribution is 2.29. The topological polar surface area (TPSA) is 85.9 Å². The summed E-state index contributed by atoms with van der Waals surface area (Å²) < 4.78 is 0. The number of amides is 2. The second kappa shape index (κ2) is 9.42. The summed E-state index contributed by atoms with van der Waals surface area (Å²) in [6.07, 6.45) is 5.18. The van der Waals surface area contributed by atoms with E-state index in [0.29, 0.717) is 5.69 Å². The Bertz CT molecular complexity index is 1220. The number of anilines is 1. The van der Waals surface area contributed by atoms with E-state index in [1.807, 2.05) is 54.6 Å². The third kappa shape index (κ3) is 4.59. The second-order valence-corrected chi connectivity index (χ2v) is 8.58. The van der Waals surface area contributed by atoms with Crippen LogP contribution in [0.15, 0.2) is 72.9 Å². The fraction of sp³-hybridized carbons (Fsp3) is 0.269. The Morgan fingerprint density at radius 2 is 1.94 bits per heavy atom. The summed E-state index contributed by atoms with van der Waals surface area (Å²) in [5.41, 5.74) is 4.28. The molecule has 33 heavy (non-hydrogen) atoms. The van der Waals surface area contributed by atoms with E-state index in [2.05, 4.69) is 49.9 Å². The number of rotatable bonds is 5. The highest BCUT2D eigenvalue weighted by molar-refractivity contribution is 5.97. The van der Waals surface area contributed by atoms with Gasteiger partial charge in [0.15, 0.2) is 0 Å². The molecule has 3 heterocycles. The van der Waals surface area contributed by atoms with Gasteiger partial charge >= 0.3 is 6.03 Å². The number of piperidine rings is 1. The van der Waals surface area contributed by atoms with Gasteiger partial charge in [-0.25, -0.2) is 4.79 Å². The van der Waals surface area contributed by atoms with Crippen LogP contribution in [-0.4, -0.2) is 45.7 Å². The van der Waals surface area contributed by atoms with E-state index in [1.54, 1.807) is 6.20 Å². The molecule has 1 aliphatic heterocycles. The number of carbonyl (C=O) groups excluding carboxylic acids is 1. The molecular formula is C26H28N6O. The summed E-state index contributed by atoms with van der Waals surface area (Å²) >= 11 is 0. The zero-order valence-electron chi connectivity index (χ0n) is 18.7. The zero-order chi connectivity index (χ0) is 22.6. The molecule has 168 valence electrons. The lowest BCUT2D eigenvalue weighted by atomic mass is 9.91. The molecule has 2 unspecified atom stereocenters. The summed E-state index contributed by atoms with van der Waals surface area (Å²) in [5, 5.41) is 14.7. The lowest BCUT2D eigenvalue weighted by Crippen LogP contribution is -2.47. The van der Waals surface area contributed by atoms with Crippen molar-refractivity contribution in [1.82, 2.24) is 25.4 Å². The molecule has 5 rings (SSSR count). The van der Waals surface area contributed by atoms with E-state index >= 15 is 0 Å². The van der Waals surface area contributed by atoms with E-state index in [1.165, 1.54) is 12.8 Å². The first-order chi connectivity index (χ1) is 16.2. The molecule has 1 saturated heterocycles. The van der Waals surface area contributed by atoms with Crippen molar-refractivity contribution in [3.8, 4) is 11.4 Å². The molecule has 1 fully saturated rings. The van der Waals surface area contributed by atoms with Gasteiger partial charge in [-0.1, -0.05) is 42.8 Å². The number of nitrogens with zero attached hydrogens (tertiary/aromatic N) is 3. The Balaban J connectivity index is 1.38. The molecule has 2 amide bonds. The number of fused-ring (bicyclic) bond motifs is 1. The van der Waals surface area contributed by atoms with Crippen LogP contribution in [0.25, 0.3) is 22.3 Å². The SMILES string of the molecule is CN1CCCCC1C(NC(=O)Nc1ccc2[nH]nc(-c3ccccn3)c2c1)c1ccccc1. The molecule has 7 nitrogen and oxygen atoms in total. The second-order valence-electron chi connectivity index (χ2n) is 8.58. The first kappa shape index (κ1) is 21.2. The number of likely N-dealkylation sites (tertiary alicyclic amines) is 1. The molecule has 4 aromatic rings. The first-order valence-corrected chi connectivity index (χ1v) is 11.4. The summed E-state index contributed by atoms with van der Waals surface area (Å²) in [6, 6.07) is 21.7. The van der Waals surface area contributed by atoms with Gasteiger partial charge in [0, 0.05) is 23.3 Å². The predicted molar refractivity (Wildman–Crippen MR) is 131 cm³/mol. The number of urea groups is 1. The van der Waals surface area contributed by atoms with Crippen molar-refractivity contribution in [2.24, 2.45) is 0 Å². The summed E-state index contributed by atoms with van der Waals surface area (Å²) in [5.74, 6) is 0. The molecular weight excluding hydrogens is 412 g/mol. The largest absolute Gasteiger partial charge is 0.329 e. The van der Waals surface area contributed by atoms with Crippen LogP contribution in [0.1, 0.15) is 30.9 Å². The van der Waals surface area contributed by atoms with Gasteiger partial charge < -0.3 is 15.5 Å². The summed E-state index contributed by atoms with van der Waals surface area (Å²) in [7, 11) is 2.14. The quantitative estimate of drug-likeness (QED) is 0.409. The van der Waals surface area contributed by atoms with Crippen LogP contribution >= 0.6 is 0 Å². The van der Waals surface area contributed by atoms with Gasteiger partial charge in [-0.05, 0) is 62.3 Å². The number of nitrogens with one attached hydrogen (secondary N) is 3. The fourth-order valence-corrected chi connectivity index (χ4v) is 4.68. The third-order valence-electron chi connectivity index (χ3n) is 6.39. The minimum Gasteiger partial charge on any atom is -0.329 e. The molecule has 0 aliphatic carbocycles. The Labute approximate surface area is 193 Å². The number of pyridine rings is 1. The van der Waals surface area contributed by atoms with Crippen LogP contribution in [0.3, 0.4) is 0 Å². The maximum atomic E-state index is 13.1. The molecule has 0 bridgehead atoms. The molecule has 2 aromatic carbocycles. The number of benzene rings is 2. The van der Waals surface area contributed by atoms with Gasteiger partial charge in [0.25, 0.3) is 0 Å². The van der Waals surface area contributed by atoms with Crippen molar-refractivity contribution in [2.45, 2.75) is 31.3 Å². The number of aromatic amines is 1. The highest BCUT2D eigenvalue weighted by Gasteiger charge is 2.30. The summed E-state index contributed by atoms with van der Waals surface area (Å²) in [4.78, 5) is 19.9. The van der Waals surface area contributed by atoms with Gasteiger partial charge in [-0.3, -0.25) is 10.1 Å². The molecule has 1 aliphatic rings. The van der Waals surface area contributed by atoms with Crippen molar-refractivity contribution in [3.63, 3.8) is 0 Å². The molecule has 0 saturated carbocycles. The van der Waals surface area contributed by atoms with Crippen molar-refractivity contribution in [2.75, 3.05) is 18.9 Å². The van der Waals surface area contributed by atoms with E-state index in [0.717, 1.165) is 40.8 Å². The van der Waals surface area contributed by atoms with Crippen molar-refractivity contribution in [3.05, 3.63) is 78.5 Å². The number of aromatic nitrogens is 3. The van der Waals surface area contributed by atoms with Crippen molar-refractivity contribution < 1.29 is 4.79 Å². The number of likely N-dealkylation sites (N-methyl/N-ethyl adjacent to an activating group) is 1. The Morgan fingerprint density at radius 1 is 1.09 bits per heavy atom. The molecule has 0 spiro atoms. The van der Waals surface area contributed by atoms with Crippen LogP contribution in [0.2, 0.25) is 0 Å². The Hall–Kier alpha value is -3.71. The highest BCUT2D eigenvalue weighted by atomic mass is 16.2. The van der Waals surface area contributed by atoms with E-state index < -0.39 is 0 Å². The third-order valence-corrected chi connectivity index (χ3v) is 6.39. The van der Waals surface area contributed by atoms with Crippen LogP contribution in [-0.2, 0) is 0 Å². The minimum absolute atomic E-state index is 0.0850. The van der Waals surface area contributed by atoms with Crippen molar-refractivity contribution >= 4 is 22.6 Å². The number of hydrogen-bond donors (Lipinski definition) is 3. The van der Waals surface area contributed by atoms with Crippen LogP contribution in [0.4, 0.5) is 10.5 Å². The smallest absolute Gasteiger partial charge is 0.319 e. The monoisotopic (exact) mass is 440 g/mol. The fourth-order valence-electron chi connectivity index (χ4n) is 4.68. The predicted octanol–water partition coefficient (Wildman–Crippen LogP) is 4.97. The lowest BCUT2D eigenvalue weighted by molar-refractivity contribution is 0.147. The van der Waals surface area contributed by atoms with E-state index in [9.17, 15) is 4.79 Å². The maximum absolute atomic E-state index is 13.1. The zero-order valence-corrected chi connectivity index (χ0v) is 18.7.